The highest BCUT2D eigenvalue weighted by atomic mass is 28.4. The van der Waals surface area contributed by atoms with Gasteiger partial charge in [-0.2, -0.15) is 0 Å². The summed E-state index contributed by atoms with van der Waals surface area (Å²) in [5.41, 5.74) is 0. The van der Waals surface area contributed by atoms with Gasteiger partial charge in [0, 0.05) is 18.9 Å². The molecule has 0 heterocycles. The van der Waals surface area contributed by atoms with Crippen LogP contribution < -0.4 is 10.4 Å². The number of carbonyl (C=O) groups is 1. The van der Waals surface area contributed by atoms with Crippen LogP contribution in [0.25, 0.3) is 0 Å². The minimum Gasteiger partial charge on any atom is -0.407 e. The summed E-state index contributed by atoms with van der Waals surface area (Å²) in [4.78, 5) is 13.0. The predicted octanol–water partition coefficient (Wildman–Crippen LogP) is 5.93. The minimum atomic E-state index is -2.69. The quantitative estimate of drug-likeness (QED) is 0.367. The van der Waals surface area contributed by atoms with E-state index in [0.29, 0.717) is 6.61 Å². The standard InChI is InChI=1S/C30H48O4Si2/c1-23(27(31)21-28(32)24(2)34-35(9,10)29(3,4)5)22-33-36(30(6,7)8,25-17-13-11-14-18-25)26-19-15-12-16-20-26/h11-20,23-24,27,31H,21-22H2,1-10H3/t23-,24-,27+/m0/s1. The maximum atomic E-state index is 13.0. The number of Topliss-reactive ketones (excluding diaryl/α,β-unsaturated/α-hetero) is 1. The molecule has 0 radical (unpaired) electrons. The van der Waals surface area contributed by atoms with Crippen LogP contribution in [0.3, 0.4) is 0 Å². The molecule has 0 saturated carbocycles. The van der Waals surface area contributed by atoms with Crippen LogP contribution in [0.2, 0.25) is 23.2 Å². The summed E-state index contributed by atoms with van der Waals surface area (Å²) >= 11 is 0. The van der Waals surface area contributed by atoms with Gasteiger partial charge in [-0.05, 0) is 40.5 Å². The zero-order valence-corrected chi connectivity index (χ0v) is 26.1. The smallest absolute Gasteiger partial charge is 0.261 e. The van der Waals surface area contributed by atoms with Crippen LogP contribution in [-0.4, -0.2) is 46.3 Å². The average molecular weight is 529 g/mol. The van der Waals surface area contributed by atoms with E-state index < -0.39 is 28.8 Å². The van der Waals surface area contributed by atoms with Crippen molar-refractivity contribution in [2.45, 2.75) is 97.2 Å². The molecule has 0 saturated heterocycles. The zero-order valence-electron chi connectivity index (χ0n) is 24.1. The maximum absolute atomic E-state index is 13.0. The molecule has 0 spiro atoms. The molecule has 0 aliphatic rings. The Balaban J connectivity index is 2.21. The number of aliphatic hydroxyl groups excluding tert-OH is 1. The highest BCUT2D eigenvalue weighted by molar-refractivity contribution is 6.99. The van der Waals surface area contributed by atoms with Gasteiger partial charge in [0.15, 0.2) is 14.1 Å². The number of benzene rings is 2. The van der Waals surface area contributed by atoms with Crippen LogP contribution in [0.5, 0.6) is 0 Å². The van der Waals surface area contributed by atoms with Gasteiger partial charge in [0.1, 0.15) is 6.10 Å². The van der Waals surface area contributed by atoms with Gasteiger partial charge in [-0.1, -0.05) is 109 Å². The molecule has 0 unspecified atom stereocenters. The van der Waals surface area contributed by atoms with Gasteiger partial charge in [-0.15, -0.1) is 0 Å². The molecule has 36 heavy (non-hydrogen) atoms. The molecule has 6 heteroatoms. The second kappa shape index (κ2) is 11.9. The summed E-state index contributed by atoms with van der Waals surface area (Å²) in [7, 11) is -4.75. The first-order chi connectivity index (χ1) is 16.5. The van der Waals surface area contributed by atoms with E-state index >= 15 is 0 Å². The molecule has 0 aromatic heterocycles. The largest absolute Gasteiger partial charge is 0.407 e. The normalized spacial score (nSPS) is 15.9. The lowest BCUT2D eigenvalue weighted by atomic mass is 9.99. The number of hydrogen-bond donors (Lipinski definition) is 1. The van der Waals surface area contributed by atoms with Crippen molar-refractivity contribution in [1.29, 1.82) is 0 Å². The van der Waals surface area contributed by atoms with Gasteiger partial charge in [0.2, 0.25) is 0 Å². The van der Waals surface area contributed by atoms with Gasteiger partial charge in [0.05, 0.1) is 6.10 Å². The van der Waals surface area contributed by atoms with Gasteiger partial charge in [-0.3, -0.25) is 4.79 Å². The number of rotatable bonds is 11. The molecule has 2 aromatic rings. The lowest BCUT2D eigenvalue weighted by molar-refractivity contribution is -0.128. The molecule has 0 fully saturated rings. The van der Waals surface area contributed by atoms with E-state index in [1.165, 1.54) is 10.4 Å². The third-order valence-corrected chi connectivity index (χ3v) is 17.3. The van der Waals surface area contributed by atoms with E-state index in [4.69, 9.17) is 8.85 Å². The summed E-state index contributed by atoms with van der Waals surface area (Å²) in [5, 5.41) is 13.3. The van der Waals surface area contributed by atoms with Crippen LogP contribution in [-0.2, 0) is 13.6 Å². The van der Waals surface area contributed by atoms with E-state index in [-0.39, 0.29) is 28.2 Å². The molecule has 4 nitrogen and oxygen atoms in total. The average Bonchev–Trinajstić information content (AvgIpc) is 2.78. The van der Waals surface area contributed by atoms with E-state index in [2.05, 4.69) is 103 Å². The van der Waals surface area contributed by atoms with Gasteiger partial charge in [-0.25, -0.2) is 0 Å². The van der Waals surface area contributed by atoms with Crippen molar-refractivity contribution < 1.29 is 18.8 Å². The van der Waals surface area contributed by atoms with Crippen LogP contribution in [0.4, 0.5) is 0 Å². The van der Waals surface area contributed by atoms with Crippen LogP contribution in [0.1, 0.15) is 61.8 Å². The van der Waals surface area contributed by atoms with Gasteiger partial charge >= 0.3 is 0 Å². The Morgan fingerprint density at radius 3 is 1.67 bits per heavy atom. The fourth-order valence-electron chi connectivity index (χ4n) is 4.39. The summed E-state index contributed by atoms with van der Waals surface area (Å²) in [5.74, 6) is -0.250. The minimum absolute atomic E-state index is 0.0249. The van der Waals surface area contributed by atoms with Gasteiger partial charge in [0.25, 0.3) is 8.32 Å². The monoisotopic (exact) mass is 528 g/mol. The lowest BCUT2D eigenvalue weighted by Gasteiger charge is -2.43. The summed E-state index contributed by atoms with van der Waals surface area (Å²) in [6.45, 7) is 21.7. The van der Waals surface area contributed by atoms with E-state index in [1.54, 1.807) is 0 Å². The Hall–Kier alpha value is -1.58. The molecule has 3 atom stereocenters. The molecular weight excluding hydrogens is 480 g/mol. The number of aliphatic hydroxyl groups is 1. The maximum Gasteiger partial charge on any atom is 0.261 e. The van der Waals surface area contributed by atoms with Crippen molar-refractivity contribution in [3.05, 3.63) is 60.7 Å². The third kappa shape index (κ3) is 7.04. The Bertz CT molecular complexity index is 922. The molecule has 2 rings (SSSR count). The first-order valence-corrected chi connectivity index (χ1v) is 18.0. The molecule has 0 aliphatic carbocycles. The molecule has 2 aromatic carbocycles. The predicted molar refractivity (Wildman–Crippen MR) is 156 cm³/mol. The summed E-state index contributed by atoms with van der Waals surface area (Å²) in [6, 6.07) is 21.0. The fourth-order valence-corrected chi connectivity index (χ4v) is 10.4. The van der Waals surface area contributed by atoms with E-state index in [0.717, 1.165) is 0 Å². The molecular formula is C30H48O4Si2. The number of ketones is 1. The summed E-state index contributed by atoms with van der Waals surface area (Å²) in [6.07, 6.45) is -1.24. The highest BCUT2D eigenvalue weighted by Gasteiger charge is 2.50. The number of carbonyl (C=O) groups excluding carboxylic acids is 1. The Morgan fingerprint density at radius 2 is 1.28 bits per heavy atom. The second-order valence-electron chi connectivity index (χ2n) is 12.7. The van der Waals surface area contributed by atoms with Crippen molar-refractivity contribution in [2.24, 2.45) is 5.92 Å². The van der Waals surface area contributed by atoms with E-state index in [9.17, 15) is 9.90 Å². The first-order valence-electron chi connectivity index (χ1n) is 13.2. The van der Waals surface area contributed by atoms with Crippen molar-refractivity contribution in [3.63, 3.8) is 0 Å². The van der Waals surface area contributed by atoms with Crippen molar-refractivity contribution in [2.75, 3.05) is 6.61 Å². The summed E-state index contributed by atoms with van der Waals surface area (Å²) < 4.78 is 13.2. The Morgan fingerprint density at radius 1 is 0.833 bits per heavy atom. The molecule has 1 N–H and O–H groups in total. The van der Waals surface area contributed by atoms with Crippen LogP contribution >= 0.6 is 0 Å². The molecule has 0 amide bonds. The van der Waals surface area contributed by atoms with Gasteiger partial charge < -0.3 is 14.0 Å². The van der Waals surface area contributed by atoms with Crippen molar-refractivity contribution in [3.8, 4) is 0 Å². The SMILES string of the molecule is C[C@H](O[Si](C)(C)C(C)(C)C)C(=O)C[C@@H](O)[C@@H](C)CO[Si](c1ccccc1)(c1ccccc1)C(C)(C)C. The Kier molecular flexibility index (Phi) is 10.1. The first kappa shape index (κ1) is 30.6. The fraction of sp³-hybridized carbons (Fsp3) is 0.567. The molecule has 0 bridgehead atoms. The highest BCUT2D eigenvalue weighted by Crippen LogP contribution is 2.38. The number of hydrogen-bond acceptors (Lipinski definition) is 4. The topological polar surface area (TPSA) is 55.8 Å². The molecule has 0 aliphatic heterocycles. The third-order valence-electron chi connectivity index (χ3n) is 7.78. The zero-order chi connectivity index (χ0) is 27.4. The lowest BCUT2D eigenvalue weighted by Crippen LogP contribution is -2.67. The van der Waals surface area contributed by atoms with Crippen LogP contribution in [0, 0.1) is 5.92 Å². The second-order valence-corrected chi connectivity index (χ2v) is 21.8. The van der Waals surface area contributed by atoms with Crippen molar-refractivity contribution in [1.82, 2.24) is 0 Å². The Labute approximate surface area is 221 Å². The van der Waals surface area contributed by atoms with Crippen LogP contribution in [0.15, 0.2) is 60.7 Å². The molecule has 200 valence electrons. The van der Waals surface area contributed by atoms with Crippen molar-refractivity contribution >= 4 is 32.8 Å². The van der Waals surface area contributed by atoms with E-state index in [1.807, 2.05) is 26.0 Å².